The molecule has 0 spiro atoms. The van der Waals surface area contributed by atoms with E-state index in [1.807, 2.05) is 0 Å². The van der Waals surface area contributed by atoms with Crippen molar-refractivity contribution in [1.82, 2.24) is 0 Å². The van der Waals surface area contributed by atoms with E-state index >= 15 is 0 Å². The Kier molecular flexibility index (Phi) is 2.57. The van der Waals surface area contributed by atoms with Crippen LogP contribution in [0.25, 0.3) is 0 Å². The Morgan fingerprint density at radius 3 is 2.70 bits per heavy atom. The van der Waals surface area contributed by atoms with E-state index in [0.717, 1.165) is 4.47 Å². The third-order valence-corrected chi connectivity index (χ3v) is 1.93. The lowest BCUT2D eigenvalue weighted by Gasteiger charge is -2.02. The molecule has 53 valence electrons. The second-order valence-electron chi connectivity index (χ2n) is 1.68. The van der Waals surface area contributed by atoms with Gasteiger partial charge < -0.3 is 4.74 Å². The minimum Gasteiger partial charge on any atom is -0.494 e. The van der Waals surface area contributed by atoms with Gasteiger partial charge in [0.2, 0.25) is 0 Å². The molecule has 0 heterocycles. The Morgan fingerprint density at radius 1 is 1.60 bits per heavy atom. The number of benzene rings is 1. The van der Waals surface area contributed by atoms with Crippen LogP contribution in [0.2, 0.25) is 5.02 Å². The molecule has 0 aliphatic heterocycles. The van der Waals surface area contributed by atoms with E-state index in [1.165, 1.54) is 0 Å². The molecule has 1 aromatic carbocycles. The summed E-state index contributed by atoms with van der Waals surface area (Å²) in [6.07, 6.45) is 0. The molecule has 1 nitrogen and oxygen atoms in total. The van der Waals surface area contributed by atoms with Crippen LogP contribution in [0.5, 0.6) is 5.75 Å². The molecule has 0 aliphatic rings. The van der Waals surface area contributed by atoms with E-state index in [1.54, 1.807) is 19.2 Å². The number of ether oxygens (including phenoxy) is 1. The number of hydrogen-bond acceptors (Lipinski definition) is 1. The Labute approximate surface area is 73.1 Å². The number of halogens is 2. The van der Waals surface area contributed by atoms with Gasteiger partial charge in [-0.25, -0.2) is 0 Å². The zero-order chi connectivity index (χ0) is 7.56. The second-order valence-corrected chi connectivity index (χ2v) is 2.95. The van der Waals surface area contributed by atoms with Crippen molar-refractivity contribution in [1.29, 1.82) is 0 Å². The summed E-state index contributed by atoms with van der Waals surface area (Å²) in [5.41, 5.74) is 0. The van der Waals surface area contributed by atoms with Gasteiger partial charge >= 0.3 is 0 Å². The van der Waals surface area contributed by atoms with E-state index in [2.05, 4.69) is 22.0 Å². The summed E-state index contributed by atoms with van der Waals surface area (Å²) in [4.78, 5) is 0. The SMILES string of the molecule is COc1c(Cl)c[c]cc1Br. The van der Waals surface area contributed by atoms with Gasteiger partial charge in [-0.2, -0.15) is 0 Å². The summed E-state index contributed by atoms with van der Waals surface area (Å²) in [6, 6.07) is 6.26. The van der Waals surface area contributed by atoms with Gasteiger partial charge in [0, 0.05) is 0 Å². The van der Waals surface area contributed by atoms with Crippen molar-refractivity contribution < 1.29 is 4.74 Å². The number of methoxy groups -OCH3 is 1. The summed E-state index contributed by atoms with van der Waals surface area (Å²) >= 11 is 9.01. The van der Waals surface area contributed by atoms with Crippen molar-refractivity contribution in [3.8, 4) is 5.75 Å². The van der Waals surface area contributed by atoms with Crippen molar-refractivity contribution in [3.05, 3.63) is 27.7 Å². The largest absolute Gasteiger partial charge is 0.494 e. The first kappa shape index (κ1) is 7.89. The summed E-state index contributed by atoms with van der Waals surface area (Å²) in [5.74, 6) is 0.653. The van der Waals surface area contributed by atoms with Gasteiger partial charge in [-0.3, -0.25) is 0 Å². The van der Waals surface area contributed by atoms with Gasteiger partial charge in [0.25, 0.3) is 0 Å². The maximum absolute atomic E-state index is 5.74. The molecule has 1 aromatic rings. The molecule has 0 aromatic heterocycles. The van der Waals surface area contributed by atoms with Crippen LogP contribution in [0.3, 0.4) is 0 Å². The lowest BCUT2D eigenvalue weighted by Crippen LogP contribution is -1.84. The smallest absolute Gasteiger partial charge is 0.151 e. The summed E-state index contributed by atoms with van der Waals surface area (Å²) in [7, 11) is 1.58. The molecule has 1 rings (SSSR count). The third-order valence-electron chi connectivity index (χ3n) is 1.06. The maximum atomic E-state index is 5.74. The molecule has 0 saturated carbocycles. The van der Waals surface area contributed by atoms with Crippen molar-refractivity contribution in [2.45, 2.75) is 0 Å². The number of hydrogen-bond donors (Lipinski definition) is 0. The molecule has 0 aliphatic carbocycles. The molecule has 0 bridgehead atoms. The van der Waals surface area contributed by atoms with Crippen molar-refractivity contribution >= 4 is 27.5 Å². The van der Waals surface area contributed by atoms with Crippen LogP contribution in [-0.2, 0) is 0 Å². The van der Waals surface area contributed by atoms with E-state index in [9.17, 15) is 0 Å². The summed E-state index contributed by atoms with van der Waals surface area (Å²) in [5, 5.41) is 0.567. The average molecular weight is 220 g/mol. The van der Waals surface area contributed by atoms with Crippen LogP contribution in [-0.4, -0.2) is 7.11 Å². The highest BCUT2D eigenvalue weighted by atomic mass is 79.9. The Bertz CT molecular complexity index is 217. The minimum atomic E-state index is 0.567. The van der Waals surface area contributed by atoms with Crippen molar-refractivity contribution in [3.63, 3.8) is 0 Å². The van der Waals surface area contributed by atoms with Gasteiger partial charge in [0.05, 0.1) is 16.6 Å². The zero-order valence-electron chi connectivity index (χ0n) is 5.32. The Balaban J connectivity index is 3.17. The normalized spacial score (nSPS) is 9.50. The molecular formula is C7H5BrClO. The van der Waals surface area contributed by atoms with Gasteiger partial charge in [0.1, 0.15) is 0 Å². The Morgan fingerprint density at radius 2 is 2.30 bits per heavy atom. The quantitative estimate of drug-likeness (QED) is 0.707. The minimum absolute atomic E-state index is 0.567. The molecule has 1 radical (unpaired) electrons. The first-order chi connectivity index (χ1) is 4.75. The van der Waals surface area contributed by atoms with Gasteiger partial charge in [0.15, 0.2) is 5.75 Å². The van der Waals surface area contributed by atoms with E-state index < -0.39 is 0 Å². The lowest BCUT2D eigenvalue weighted by atomic mass is 10.3. The summed E-state index contributed by atoms with van der Waals surface area (Å²) in [6.45, 7) is 0. The molecule has 0 amide bonds. The zero-order valence-corrected chi connectivity index (χ0v) is 7.66. The molecule has 0 atom stereocenters. The highest BCUT2D eigenvalue weighted by molar-refractivity contribution is 9.10. The fourth-order valence-corrected chi connectivity index (χ4v) is 1.49. The third kappa shape index (κ3) is 1.44. The van der Waals surface area contributed by atoms with E-state index in [4.69, 9.17) is 16.3 Å². The van der Waals surface area contributed by atoms with Crippen molar-refractivity contribution in [2.75, 3.05) is 7.11 Å². The van der Waals surface area contributed by atoms with Crippen LogP contribution in [0, 0.1) is 6.07 Å². The first-order valence-electron chi connectivity index (χ1n) is 2.65. The lowest BCUT2D eigenvalue weighted by molar-refractivity contribution is 0.412. The fourth-order valence-electron chi connectivity index (χ4n) is 0.628. The molecule has 0 fully saturated rings. The fraction of sp³-hybridized carbons (Fsp3) is 0.143. The van der Waals surface area contributed by atoms with E-state index in [0.29, 0.717) is 10.8 Å². The highest BCUT2D eigenvalue weighted by Gasteiger charge is 2.02. The molecule has 0 saturated heterocycles. The summed E-state index contributed by atoms with van der Waals surface area (Å²) < 4.78 is 5.80. The van der Waals surface area contributed by atoms with Crippen LogP contribution in [0.4, 0.5) is 0 Å². The molecule has 10 heavy (non-hydrogen) atoms. The average Bonchev–Trinajstić information content (AvgIpc) is 1.88. The second kappa shape index (κ2) is 3.26. The molecule has 0 N–H and O–H groups in total. The van der Waals surface area contributed by atoms with Crippen LogP contribution < -0.4 is 4.74 Å². The first-order valence-corrected chi connectivity index (χ1v) is 3.82. The predicted molar refractivity (Wildman–Crippen MR) is 44.5 cm³/mol. The number of rotatable bonds is 1. The van der Waals surface area contributed by atoms with Crippen LogP contribution >= 0.6 is 27.5 Å². The van der Waals surface area contributed by atoms with Crippen LogP contribution in [0.1, 0.15) is 0 Å². The highest BCUT2D eigenvalue weighted by Crippen LogP contribution is 2.31. The van der Waals surface area contributed by atoms with Gasteiger partial charge in [-0.1, -0.05) is 11.6 Å². The van der Waals surface area contributed by atoms with Gasteiger partial charge in [-0.15, -0.1) is 0 Å². The van der Waals surface area contributed by atoms with Gasteiger partial charge in [-0.05, 0) is 34.1 Å². The molecule has 3 heteroatoms. The van der Waals surface area contributed by atoms with Crippen molar-refractivity contribution in [2.24, 2.45) is 0 Å². The molecule has 0 unspecified atom stereocenters. The van der Waals surface area contributed by atoms with Crippen LogP contribution in [0.15, 0.2) is 16.6 Å². The predicted octanol–water partition coefficient (Wildman–Crippen LogP) is 2.91. The maximum Gasteiger partial charge on any atom is 0.151 e. The van der Waals surface area contributed by atoms with E-state index in [-0.39, 0.29) is 0 Å². The standard InChI is InChI=1S/C7H5BrClO/c1-10-7-5(8)3-2-4-6(7)9/h3-4H,1H3. The monoisotopic (exact) mass is 219 g/mol. The topological polar surface area (TPSA) is 9.23 Å². The Hall–Kier alpha value is -0.210. The molecular weight excluding hydrogens is 215 g/mol.